The van der Waals surface area contributed by atoms with Crippen LogP contribution in [0.4, 0.5) is 5.95 Å². The maximum absolute atomic E-state index is 6.61. The summed E-state index contributed by atoms with van der Waals surface area (Å²) in [6.45, 7) is 4.47. The zero-order valence-corrected chi connectivity index (χ0v) is 16.3. The Morgan fingerprint density at radius 1 is 1.22 bits per heavy atom. The van der Waals surface area contributed by atoms with Crippen molar-refractivity contribution in [3.63, 3.8) is 0 Å². The van der Waals surface area contributed by atoms with E-state index in [0.717, 1.165) is 62.8 Å². The summed E-state index contributed by atoms with van der Waals surface area (Å²) < 4.78 is 5.57. The molecule has 2 aliphatic rings. The fourth-order valence-corrected chi connectivity index (χ4v) is 4.60. The van der Waals surface area contributed by atoms with Crippen LogP contribution in [0.5, 0.6) is 0 Å². The normalized spacial score (nSPS) is 22.3. The molecule has 2 aliphatic heterocycles. The van der Waals surface area contributed by atoms with Crippen LogP contribution in [0.2, 0.25) is 5.02 Å². The molecule has 0 aliphatic carbocycles. The van der Waals surface area contributed by atoms with Gasteiger partial charge < -0.3 is 15.4 Å². The minimum Gasteiger partial charge on any atom is -0.381 e. The SMILES string of the molecule is Clc1ccccc1C1(c2ccnc(NC[C@H]3CCCOC3)n2)CCNCC1. The van der Waals surface area contributed by atoms with E-state index in [1.54, 1.807) is 0 Å². The summed E-state index contributed by atoms with van der Waals surface area (Å²) in [6, 6.07) is 10.2. The van der Waals surface area contributed by atoms with Crippen LogP contribution in [0.25, 0.3) is 0 Å². The number of hydrogen-bond donors (Lipinski definition) is 2. The molecule has 1 atom stereocenters. The molecule has 0 amide bonds. The average molecular weight is 387 g/mol. The molecule has 1 aromatic heterocycles. The third kappa shape index (κ3) is 4.10. The van der Waals surface area contributed by atoms with E-state index < -0.39 is 0 Å². The zero-order valence-electron chi connectivity index (χ0n) is 15.6. The molecule has 2 fully saturated rings. The smallest absolute Gasteiger partial charge is 0.222 e. The molecule has 1 aromatic carbocycles. The van der Waals surface area contributed by atoms with E-state index in [1.807, 2.05) is 24.4 Å². The Labute approximate surface area is 165 Å². The minimum atomic E-state index is -0.170. The lowest BCUT2D eigenvalue weighted by atomic mass is 9.70. The number of halogens is 1. The molecule has 0 saturated carbocycles. The Morgan fingerprint density at radius 3 is 2.85 bits per heavy atom. The van der Waals surface area contributed by atoms with Gasteiger partial charge in [-0.05, 0) is 62.4 Å². The predicted molar refractivity (Wildman–Crippen MR) is 108 cm³/mol. The van der Waals surface area contributed by atoms with Crippen LogP contribution in [0, 0.1) is 5.92 Å². The van der Waals surface area contributed by atoms with Gasteiger partial charge in [-0.3, -0.25) is 0 Å². The van der Waals surface area contributed by atoms with Gasteiger partial charge in [-0.2, -0.15) is 0 Å². The van der Waals surface area contributed by atoms with Crippen molar-refractivity contribution in [1.29, 1.82) is 0 Å². The van der Waals surface area contributed by atoms with Crippen molar-refractivity contribution in [1.82, 2.24) is 15.3 Å². The first kappa shape index (κ1) is 18.7. The number of nitrogens with zero attached hydrogens (tertiary/aromatic N) is 2. The maximum atomic E-state index is 6.61. The number of aromatic nitrogens is 2. The molecule has 2 aromatic rings. The quantitative estimate of drug-likeness (QED) is 0.821. The first-order valence-corrected chi connectivity index (χ1v) is 10.3. The molecule has 2 saturated heterocycles. The van der Waals surface area contributed by atoms with Gasteiger partial charge >= 0.3 is 0 Å². The van der Waals surface area contributed by atoms with E-state index in [2.05, 4.69) is 27.8 Å². The van der Waals surface area contributed by atoms with Crippen molar-refractivity contribution in [3.05, 3.63) is 52.8 Å². The van der Waals surface area contributed by atoms with Crippen molar-refractivity contribution in [2.24, 2.45) is 5.92 Å². The lowest BCUT2D eigenvalue weighted by Gasteiger charge is -2.38. The van der Waals surface area contributed by atoms with Gasteiger partial charge in [-0.1, -0.05) is 29.8 Å². The summed E-state index contributed by atoms with van der Waals surface area (Å²) in [5.74, 6) is 1.23. The minimum absolute atomic E-state index is 0.170. The molecule has 0 unspecified atom stereocenters. The largest absolute Gasteiger partial charge is 0.381 e. The van der Waals surface area contributed by atoms with Gasteiger partial charge in [-0.15, -0.1) is 0 Å². The molecule has 4 rings (SSSR count). The molecule has 0 spiro atoms. The van der Waals surface area contributed by atoms with Crippen LogP contribution in [0.1, 0.15) is 36.9 Å². The Bertz CT molecular complexity index is 757. The number of ether oxygens (including phenoxy) is 1. The monoisotopic (exact) mass is 386 g/mol. The molecule has 27 heavy (non-hydrogen) atoms. The molecule has 6 heteroatoms. The number of benzene rings is 1. The number of hydrogen-bond acceptors (Lipinski definition) is 5. The lowest BCUT2D eigenvalue weighted by molar-refractivity contribution is 0.0594. The van der Waals surface area contributed by atoms with E-state index in [0.29, 0.717) is 11.9 Å². The molecular weight excluding hydrogens is 360 g/mol. The third-order valence-corrected chi connectivity index (χ3v) is 6.13. The highest BCUT2D eigenvalue weighted by Crippen LogP contribution is 2.42. The Balaban J connectivity index is 1.60. The predicted octanol–water partition coefficient (Wildman–Crippen LogP) is 3.64. The first-order chi connectivity index (χ1) is 13.3. The molecule has 0 radical (unpaired) electrons. The first-order valence-electron chi connectivity index (χ1n) is 9.89. The second-order valence-corrected chi connectivity index (χ2v) is 7.95. The van der Waals surface area contributed by atoms with Crippen LogP contribution >= 0.6 is 11.6 Å². The summed E-state index contributed by atoms with van der Waals surface area (Å²) in [5, 5.41) is 7.70. The standard InChI is InChI=1S/C21H27ClN4O/c22-18-6-2-1-5-17(18)21(8-11-23-12-9-21)19-7-10-24-20(26-19)25-14-16-4-3-13-27-15-16/h1-2,5-7,10,16,23H,3-4,8-9,11-15H2,(H,24,25,26)/t16-/m1/s1. The molecule has 2 N–H and O–H groups in total. The molecule has 144 valence electrons. The summed E-state index contributed by atoms with van der Waals surface area (Å²) in [5.41, 5.74) is 2.05. The van der Waals surface area contributed by atoms with E-state index >= 15 is 0 Å². The van der Waals surface area contributed by atoms with Crippen LogP contribution in [-0.4, -0.2) is 42.8 Å². The summed E-state index contributed by atoms with van der Waals surface area (Å²) in [7, 11) is 0. The Morgan fingerprint density at radius 2 is 2.07 bits per heavy atom. The second-order valence-electron chi connectivity index (χ2n) is 7.54. The van der Waals surface area contributed by atoms with Crippen LogP contribution in [0.15, 0.2) is 36.5 Å². The van der Waals surface area contributed by atoms with Gasteiger partial charge in [0, 0.05) is 29.8 Å². The van der Waals surface area contributed by atoms with Crippen LogP contribution < -0.4 is 10.6 Å². The van der Waals surface area contributed by atoms with Crippen LogP contribution in [0.3, 0.4) is 0 Å². The average Bonchev–Trinajstić information content (AvgIpc) is 2.74. The highest BCUT2D eigenvalue weighted by atomic mass is 35.5. The lowest BCUT2D eigenvalue weighted by Crippen LogP contribution is -2.41. The number of nitrogens with one attached hydrogen (secondary N) is 2. The van der Waals surface area contributed by atoms with Gasteiger partial charge in [0.15, 0.2) is 0 Å². The highest BCUT2D eigenvalue weighted by molar-refractivity contribution is 6.31. The summed E-state index contributed by atoms with van der Waals surface area (Å²) in [6.07, 6.45) is 6.15. The molecule has 0 bridgehead atoms. The van der Waals surface area contributed by atoms with Gasteiger partial charge in [0.05, 0.1) is 12.3 Å². The number of anilines is 1. The van der Waals surface area contributed by atoms with Crippen molar-refractivity contribution in [3.8, 4) is 0 Å². The fraction of sp³-hybridized carbons (Fsp3) is 0.524. The highest BCUT2D eigenvalue weighted by Gasteiger charge is 2.38. The van der Waals surface area contributed by atoms with Gasteiger partial charge in [0.1, 0.15) is 0 Å². The van der Waals surface area contributed by atoms with Crippen molar-refractivity contribution in [2.75, 3.05) is 38.2 Å². The fourth-order valence-electron chi connectivity index (χ4n) is 4.28. The van der Waals surface area contributed by atoms with Gasteiger partial charge in [0.25, 0.3) is 0 Å². The second kappa shape index (κ2) is 8.55. The molecule has 5 nitrogen and oxygen atoms in total. The summed E-state index contributed by atoms with van der Waals surface area (Å²) >= 11 is 6.61. The number of piperidine rings is 1. The van der Waals surface area contributed by atoms with Crippen molar-refractivity contribution < 1.29 is 4.74 Å². The topological polar surface area (TPSA) is 59.1 Å². The molecular formula is C21H27ClN4O. The van der Waals surface area contributed by atoms with Gasteiger partial charge in [-0.25, -0.2) is 9.97 Å². The van der Waals surface area contributed by atoms with E-state index in [4.69, 9.17) is 21.3 Å². The Kier molecular flexibility index (Phi) is 5.91. The Hall–Kier alpha value is -1.69. The van der Waals surface area contributed by atoms with E-state index in [9.17, 15) is 0 Å². The zero-order chi connectivity index (χ0) is 18.5. The van der Waals surface area contributed by atoms with E-state index in [1.165, 1.54) is 12.0 Å². The van der Waals surface area contributed by atoms with Crippen molar-refractivity contribution in [2.45, 2.75) is 31.1 Å². The van der Waals surface area contributed by atoms with Crippen LogP contribution in [-0.2, 0) is 10.2 Å². The molecule has 3 heterocycles. The van der Waals surface area contributed by atoms with Crippen molar-refractivity contribution >= 4 is 17.5 Å². The van der Waals surface area contributed by atoms with Gasteiger partial charge in [0.2, 0.25) is 5.95 Å². The number of rotatable bonds is 5. The summed E-state index contributed by atoms with van der Waals surface area (Å²) in [4.78, 5) is 9.38. The third-order valence-electron chi connectivity index (χ3n) is 5.80. The van der Waals surface area contributed by atoms with E-state index in [-0.39, 0.29) is 5.41 Å². The maximum Gasteiger partial charge on any atom is 0.222 e.